The molecular formula is C15H19N3O3. The molecule has 0 saturated heterocycles. The summed E-state index contributed by atoms with van der Waals surface area (Å²) in [4.78, 5) is 16.2. The van der Waals surface area contributed by atoms with Crippen LogP contribution in [0.25, 0.3) is 0 Å². The maximum atomic E-state index is 12.0. The van der Waals surface area contributed by atoms with E-state index in [1.807, 2.05) is 30.3 Å². The molecule has 1 aromatic heterocycles. The zero-order chi connectivity index (χ0) is 15.5. The third-order valence-electron chi connectivity index (χ3n) is 2.58. The van der Waals surface area contributed by atoms with Gasteiger partial charge in [0.1, 0.15) is 11.6 Å². The number of carbonyl (C=O) groups excluding carboxylic acids is 1. The molecule has 0 aliphatic carbocycles. The number of nitrogens with one attached hydrogen (secondary N) is 1. The summed E-state index contributed by atoms with van der Waals surface area (Å²) < 4.78 is 10.5. The molecule has 21 heavy (non-hydrogen) atoms. The van der Waals surface area contributed by atoms with E-state index in [4.69, 9.17) is 9.26 Å². The van der Waals surface area contributed by atoms with Crippen molar-refractivity contribution in [2.45, 2.75) is 39.3 Å². The molecule has 0 aliphatic rings. The predicted octanol–water partition coefficient (Wildman–Crippen LogP) is 2.99. The Labute approximate surface area is 123 Å². The molecule has 1 heterocycles. The SMILES string of the molecule is Cc1noc(C(NC(=O)OC(C)(C)C)c2ccccc2)n1. The molecule has 1 aromatic carbocycles. The molecule has 2 aromatic rings. The molecule has 2 rings (SSSR count). The second kappa shape index (κ2) is 5.95. The maximum Gasteiger partial charge on any atom is 0.408 e. The quantitative estimate of drug-likeness (QED) is 0.939. The summed E-state index contributed by atoms with van der Waals surface area (Å²) in [5, 5.41) is 6.53. The summed E-state index contributed by atoms with van der Waals surface area (Å²) in [5.74, 6) is 0.835. The van der Waals surface area contributed by atoms with Crippen molar-refractivity contribution in [2.24, 2.45) is 0 Å². The number of aromatic nitrogens is 2. The van der Waals surface area contributed by atoms with Gasteiger partial charge in [0.2, 0.25) is 0 Å². The molecule has 1 atom stereocenters. The van der Waals surface area contributed by atoms with Crippen LogP contribution in [0, 0.1) is 6.92 Å². The van der Waals surface area contributed by atoms with Gasteiger partial charge in [-0.3, -0.25) is 0 Å². The Kier molecular flexibility index (Phi) is 4.26. The zero-order valence-electron chi connectivity index (χ0n) is 12.6. The van der Waals surface area contributed by atoms with Crippen molar-refractivity contribution >= 4 is 6.09 Å². The van der Waals surface area contributed by atoms with E-state index >= 15 is 0 Å². The highest BCUT2D eigenvalue weighted by molar-refractivity contribution is 5.68. The van der Waals surface area contributed by atoms with Crippen LogP contribution in [0.5, 0.6) is 0 Å². The van der Waals surface area contributed by atoms with Crippen molar-refractivity contribution in [3.8, 4) is 0 Å². The number of nitrogens with zero attached hydrogens (tertiary/aromatic N) is 2. The Hall–Kier alpha value is -2.37. The smallest absolute Gasteiger partial charge is 0.408 e. The summed E-state index contributed by atoms with van der Waals surface area (Å²) in [7, 11) is 0. The third kappa shape index (κ3) is 4.30. The van der Waals surface area contributed by atoms with Crippen molar-refractivity contribution in [3.05, 3.63) is 47.6 Å². The molecule has 1 N–H and O–H groups in total. The molecule has 1 unspecified atom stereocenters. The van der Waals surface area contributed by atoms with Gasteiger partial charge in [0.15, 0.2) is 5.82 Å². The van der Waals surface area contributed by atoms with Crippen molar-refractivity contribution in [1.29, 1.82) is 0 Å². The number of carbonyl (C=O) groups is 1. The number of benzene rings is 1. The highest BCUT2D eigenvalue weighted by Gasteiger charge is 2.25. The van der Waals surface area contributed by atoms with Crippen LogP contribution < -0.4 is 5.32 Å². The maximum absolute atomic E-state index is 12.0. The Balaban J connectivity index is 2.23. The van der Waals surface area contributed by atoms with E-state index in [9.17, 15) is 4.79 Å². The molecule has 0 bridgehead atoms. The molecule has 0 fully saturated rings. The average molecular weight is 289 g/mol. The number of amides is 1. The molecule has 6 heteroatoms. The lowest BCUT2D eigenvalue weighted by Crippen LogP contribution is -2.35. The first kappa shape index (κ1) is 15.0. The fourth-order valence-electron chi connectivity index (χ4n) is 1.79. The number of hydrogen-bond acceptors (Lipinski definition) is 5. The molecule has 0 radical (unpaired) electrons. The normalized spacial score (nSPS) is 12.8. The fourth-order valence-corrected chi connectivity index (χ4v) is 1.79. The van der Waals surface area contributed by atoms with Gasteiger partial charge in [-0.15, -0.1) is 0 Å². The lowest BCUT2D eigenvalue weighted by molar-refractivity contribution is 0.0504. The minimum atomic E-state index is -0.573. The van der Waals surface area contributed by atoms with Gasteiger partial charge >= 0.3 is 6.09 Å². The lowest BCUT2D eigenvalue weighted by atomic mass is 10.1. The number of ether oxygens (including phenoxy) is 1. The Morgan fingerprint density at radius 3 is 2.48 bits per heavy atom. The van der Waals surface area contributed by atoms with Gasteiger partial charge in [-0.1, -0.05) is 35.5 Å². The van der Waals surface area contributed by atoms with Crippen LogP contribution >= 0.6 is 0 Å². The van der Waals surface area contributed by atoms with Crippen molar-refractivity contribution < 1.29 is 14.1 Å². The predicted molar refractivity (Wildman–Crippen MR) is 76.7 cm³/mol. The van der Waals surface area contributed by atoms with E-state index in [-0.39, 0.29) is 0 Å². The fraction of sp³-hybridized carbons (Fsp3) is 0.400. The van der Waals surface area contributed by atoms with E-state index in [0.717, 1.165) is 5.56 Å². The van der Waals surface area contributed by atoms with E-state index in [0.29, 0.717) is 11.7 Å². The van der Waals surface area contributed by atoms with Crippen LogP contribution in [0.15, 0.2) is 34.9 Å². The number of alkyl carbamates (subject to hydrolysis) is 1. The van der Waals surface area contributed by atoms with Crippen LogP contribution in [0.1, 0.15) is 44.1 Å². The van der Waals surface area contributed by atoms with Gasteiger partial charge in [0.25, 0.3) is 5.89 Å². The average Bonchev–Trinajstić information content (AvgIpc) is 2.81. The van der Waals surface area contributed by atoms with Crippen LogP contribution in [-0.2, 0) is 4.74 Å². The third-order valence-corrected chi connectivity index (χ3v) is 2.58. The van der Waals surface area contributed by atoms with Gasteiger partial charge in [-0.05, 0) is 33.3 Å². The van der Waals surface area contributed by atoms with E-state index in [1.165, 1.54) is 0 Å². The minimum absolute atomic E-state index is 0.324. The van der Waals surface area contributed by atoms with Gasteiger partial charge in [-0.25, -0.2) is 4.79 Å². The Morgan fingerprint density at radius 1 is 1.29 bits per heavy atom. The summed E-state index contributed by atoms with van der Waals surface area (Å²) in [6.45, 7) is 7.14. The molecule has 1 amide bonds. The summed E-state index contributed by atoms with van der Waals surface area (Å²) >= 11 is 0. The van der Waals surface area contributed by atoms with Crippen molar-refractivity contribution in [3.63, 3.8) is 0 Å². The first-order chi connectivity index (χ1) is 9.85. The minimum Gasteiger partial charge on any atom is -0.444 e. The zero-order valence-corrected chi connectivity index (χ0v) is 12.6. The first-order valence-electron chi connectivity index (χ1n) is 6.70. The molecule has 112 valence electrons. The second-order valence-electron chi connectivity index (χ2n) is 5.67. The van der Waals surface area contributed by atoms with E-state index < -0.39 is 17.7 Å². The van der Waals surface area contributed by atoms with Crippen molar-refractivity contribution in [2.75, 3.05) is 0 Å². The highest BCUT2D eigenvalue weighted by atomic mass is 16.6. The lowest BCUT2D eigenvalue weighted by Gasteiger charge is -2.22. The standard InChI is InChI=1S/C15H19N3O3/c1-10-16-13(21-18-10)12(11-8-6-5-7-9-11)17-14(19)20-15(2,3)4/h5-9,12H,1-4H3,(H,17,19). The van der Waals surface area contributed by atoms with E-state index in [2.05, 4.69) is 15.5 Å². The first-order valence-corrected chi connectivity index (χ1v) is 6.70. The largest absolute Gasteiger partial charge is 0.444 e. The monoisotopic (exact) mass is 289 g/mol. The molecule has 0 aliphatic heterocycles. The van der Waals surface area contributed by atoms with Gasteiger partial charge < -0.3 is 14.6 Å². The summed E-state index contributed by atoms with van der Waals surface area (Å²) in [6, 6.07) is 8.86. The van der Waals surface area contributed by atoms with E-state index in [1.54, 1.807) is 27.7 Å². The highest BCUT2D eigenvalue weighted by Crippen LogP contribution is 2.21. The second-order valence-corrected chi connectivity index (χ2v) is 5.67. The Morgan fingerprint density at radius 2 is 1.95 bits per heavy atom. The molecular weight excluding hydrogens is 270 g/mol. The van der Waals surface area contributed by atoms with Crippen LogP contribution in [0.2, 0.25) is 0 Å². The van der Waals surface area contributed by atoms with Crippen molar-refractivity contribution in [1.82, 2.24) is 15.5 Å². The van der Waals surface area contributed by atoms with Crippen LogP contribution in [0.4, 0.5) is 4.79 Å². The molecule has 0 spiro atoms. The number of aryl methyl sites for hydroxylation is 1. The topological polar surface area (TPSA) is 77.2 Å². The van der Waals surface area contributed by atoms with Crippen LogP contribution in [0.3, 0.4) is 0 Å². The van der Waals surface area contributed by atoms with Crippen LogP contribution in [-0.4, -0.2) is 21.8 Å². The molecule has 0 saturated carbocycles. The number of hydrogen-bond donors (Lipinski definition) is 1. The molecule has 6 nitrogen and oxygen atoms in total. The van der Waals surface area contributed by atoms with Gasteiger partial charge in [-0.2, -0.15) is 4.98 Å². The Bertz CT molecular complexity index is 602. The number of rotatable bonds is 3. The van der Waals surface area contributed by atoms with Gasteiger partial charge in [0, 0.05) is 0 Å². The summed E-state index contributed by atoms with van der Waals surface area (Å²) in [6.07, 6.45) is -0.535. The van der Waals surface area contributed by atoms with Gasteiger partial charge in [0.05, 0.1) is 0 Å². The summed E-state index contributed by atoms with van der Waals surface area (Å²) in [5.41, 5.74) is 0.266.